The summed E-state index contributed by atoms with van der Waals surface area (Å²) in [5.41, 5.74) is 1.77. The van der Waals surface area contributed by atoms with Crippen LogP contribution in [0.4, 0.5) is 0 Å². The average Bonchev–Trinajstić information content (AvgIpc) is 2.55. The van der Waals surface area contributed by atoms with Crippen molar-refractivity contribution in [3.63, 3.8) is 0 Å². The summed E-state index contributed by atoms with van der Waals surface area (Å²) in [7, 11) is 2.93. The quantitative estimate of drug-likeness (QED) is 0.278. The summed E-state index contributed by atoms with van der Waals surface area (Å²) >= 11 is 0. The van der Waals surface area contributed by atoms with E-state index < -0.39 is 0 Å². The number of oxime groups is 2. The maximum absolute atomic E-state index is 8.79. The molecule has 0 aromatic heterocycles. The molecule has 0 unspecified atom stereocenters. The molecule has 0 aliphatic heterocycles. The minimum atomic E-state index is 0.126. The van der Waals surface area contributed by atoms with Crippen LogP contribution in [-0.4, -0.2) is 31.9 Å². The first-order chi connectivity index (χ1) is 10.8. The molecule has 0 aliphatic rings. The van der Waals surface area contributed by atoms with Gasteiger partial charge >= 0.3 is 0 Å². The fraction of sp³-hybridized carbons (Fsp3) is 0.214. The van der Waals surface area contributed by atoms with E-state index in [1.165, 1.54) is 14.2 Å². The predicted octanol–water partition coefficient (Wildman–Crippen LogP) is 1.16. The van der Waals surface area contributed by atoms with E-state index in [0.29, 0.717) is 11.3 Å². The Morgan fingerprint density at radius 3 is 2.77 bits per heavy atom. The molecule has 1 aromatic rings. The Morgan fingerprint density at radius 2 is 2.14 bits per heavy atom. The van der Waals surface area contributed by atoms with Crippen molar-refractivity contribution in [3.05, 3.63) is 35.4 Å². The SMILES string of the molecule is CN=C(NC#N)/C(=N/OC)c1ccccc1CO/N=C\C#N. The zero-order valence-electron chi connectivity index (χ0n) is 12.1. The summed E-state index contributed by atoms with van der Waals surface area (Å²) in [6.07, 6.45) is 2.79. The van der Waals surface area contributed by atoms with Gasteiger partial charge in [-0.2, -0.15) is 10.5 Å². The van der Waals surface area contributed by atoms with E-state index in [1.807, 2.05) is 18.2 Å². The van der Waals surface area contributed by atoms with Gasteiger partial charge in [0.2, 0.25) is 0 Å². The Labute approximate surface area is 128 Å². The van der Waals surface area contributed by atoms with Gasteiger partial charge < -0.3 is 9.68 Å². The molecule has 0 bridgehead atoms. The minimum absolute atomic E-state index is 0.126. The highest BCUT2D eigenvalue weighted by atomic mass is 16.6. The number of aliphatic imine (C=N–C) groups is 1. The van der Waals surface area contributed by atoms with Crippen molar-refractivity contribution in [2.45, 2.75) is 6.61 Å². The molecule has 0 heterocycles. The van der Waals surface area contributed by atoms with Crippen molar-refractivity contribution >= 4 is 17.8 Å². The van der Waals surface area contributed by atoms with Crippen LogP contribution < -0.4 is 5.32 Å². The second-order valence-electron chi connectivity index (χ2n) is 3.73. The molecule has 0 fully saturated rings. The molecule has 0 radical (unpaired) electrons. The second kappa shape index (κ2) is 9.50. The molecule has 1 rings (SSSR count). The maximum Gasteiger partial charge on any atom is 0.182 e. The summed E-state index contributed by atoms with van der Waals surface area (Å²) in [5, 5.41) is 27.0. The van der Waals surface area contributed by atoms with Crippen LogP contribution in [0.3, 0.4) is 0 Å². The van der Waals surface area contributed by atoms with E-state index >= 15 is 0 Å². The Hall–Kier alpha value is -3.39. The number of nitrogens with zero attached hydrogens (tertiary/aromatic N) is 5. The van der Waals surface area contributed by atoms with E-state index in [-0.39, 0.29) is 12.4 Å². The van der Waals surface area contributed by atoms with Gasteiger partial charge in [0, 0.05) is 18.2 Å². The number of amidine groups is 1. The number of nitriles is 2. The molecular weight excluding hydrogens is 284 g/mol. The molecule has 22 heavy (non-hydrogen) atoms. The zero-order valence-corrected chi connectivity index (χ0v) is 12.1. The molecular formula is C14H14N6O2. The smallest absolute Gasteiger partial charge is 0.182 e. The third kappa shape index (κ3) is 4.62. The zero-order chi connectivity index (χ0) is 16.2. The van der Waals surface area contributed by atoms with Gasteiger partial charge in [0.1, 0.15) is 26.0 Å². The lowest BCUT2D eigenvalue weighted by atomic mass is 10.0. The van der Waals surface area contributed by atoms with Crippen LogP contribution in [0.15, 0.2) is 39.6 Å². The first-order valence-electron chi connectivity index (χ1n) is 6.13. The number of nitrogens with one attached hydrogen (secondary N) is 1. The lowest BCUT2D eigenvalue weighted by molar-refractivity contribution is 0.132. The first kappa shape index (κ1) is 16.7. The predicted molar refractivity (Wildman–Crippen MR) is 81.0 cm³/mol. The van der Waals surface area contributed by atoms with Crippen molar-refractivity contribution in [1.29, 1.82) is 10.5 Å². The topological polar surface area (TPSA) is 115 Å². The Kier molecular flexibility index (Phi) is 7.20. The van der Waals surface area contributed by atoms with Crippen LogP contribution in [0.2, 0.25) is 0 Å². The highest BCUT2D eigenvalue weighted by Gasteiger charge is 2.16. The number of rotatable bonds is 6. The Bertz CT molecular complexity index is 667. The molecule has 0 saturated carbocycles. The van der Waals surface area contributed by atoms with Crippen LogP contribution in [0.1, 0.15) is 11.1 Å². The summed E-state index contributed by atoms with van der Waals surface area (Å²) in [6, 6.07) is 8.95. The fourth-order valence-corrected chi connectivity index (χ4v) is 1.63. The first-order valence-corrected chi connectivity index (χ1v) is 6.13. The summed E-state index contributed by atoms with van der Waals surface area (Å²) in [6.45, 7) is 0.126. The van der Waals surface area contributed by atoms with Gasteiger partial charge in [0.15, 0.2) is 17.7 Å². The highest BCUT2D eigenvalue weighted by molar-refractivity contribution is 6.48. The van der Waals surface area contributed by atoms with Gasteiger partial charge in [-0.1, -0.05) is 34.6 Å². The van der Waals surface area contributed by atoms with E-state index in [2.05, 4.69) is 20.6 Å². The van der Waals surface area contributed by atoms with Crippen molar-refractivity contribution in [3.8, 4) is 12.3 Å². The molecule has 0 atom stereocenters. The van der Waals surface area contributed by atoms with Crippen LogP contribution in [0.25, 0.3) is 0 Å². The summed E-state index contributed by atoms with van der Waals surface area (Å²) in [4.78, 5) is 13.8. The minimum Gasteiger partial charge on any atom is -0.399 e. The lowest BCUT2D eigenvalue weighted by Crippen LogP contribution is -2.29. The summed E-state index contributed by atoms with van der Waals surface area (Å²) < 4.78 is 0. The molecule has 0 amide bonds. The van der Waals surface area contributed by atoms with E-state index in [4.69, 9.17) is 20.2 Å². The summed E-state index contributed by atoms with van der Waals surface area (Å²) in [5.74, 6) is 0.261. The highest BCUT2D eigenvalue weighted by Crippen LogP contribution is 2.13. The maximum atomic E-state index is 8.79. The third-order valence-electron chi connectivity index (χ3n) is 2.48. The molecule has 0 saturated heterocycles. The van der Waals surface area contributed by atoms with E-state index in [0.717, 1.165) is 11.8 Å². The second-order valence-corrected chi connectivity index (χ2v) is 3.73. The average molecular weight is 298 g/mol. The molecule has 1 N–H and O–H groups in total. The van der Waals surface area contributed by atoms with Crippen LogP contribution in [-0.2, 0) is 16.3 Å². The fourth-order valence-electron chi connectivity index (χ4n) is 1.63. The van der Waals surface area contributed by atoms with Crippen LogP contribution in [0.5, 0.6) is 0 Å². The van der Waals surface area contributed by atoms with Gasteiger partial charge in [-0.3, -0.25) is 10.3 Å². The van der Waals surface area contributed by atoms with Crippen molar-refractivity contribution in [2.75, 3.05) is 14.2 Å². The van der Waals surface area contributed by atoms with Crippen LogP contribution in [0, 0.1) is 22.8 Å². The molecule has 8 heteroatoms. The number of hydrogen-bond donors (Lipinski definition) is 1. The third-order valence-corrected chi connectivity index (χ3v) is 2.48. The molecule has 0 aliphatic carbocycles. The van der Waals surface area contributed by atoms with Crippen molar-refractivity contribution < 1.29 is 9.68 Å². The number of benzene rings is 1. The van der Waals surface area contributed by atoms with Gasteiger partial charge in [0.05, 0.1) is 0 Å². The van der Waals surface area contributed by atoms with Crippen molar-refractivity contribution in [2.24, 2.45) is 15.3 Å². The van der Waals surface area contributed by atoms with Crippen LogP contribution >= 0.6 is 0 Å². The standard InChI is InChI=1S/C14H14N6O2/c1-17-14(18-10-16)13(20-21-2)12-6-4-3-5-11(12)9-22-19-8-7-15/h3-6,8H,9H2,1-2H3,(H,17,18)/b19-8-,20-13+. The van der Waals surface area contributed by atoms with Crippen molar-refractivity contribution in [1.82, 2.24) is 5.32 Å². The Balaban J connectivity index is 3.16. The largest absolute Gasteiger partial charge is 0.399 e. The monoisotopic (exact) mass is 298 g/mol. The normalized spacial score (nSPS) is 11.6. The van der Waals surface area contributed by atoms with Gasteiger partial charge in [-0.15, -0.1) is 0 Å². The van der Waals surface area contributed by atoms with E-state index in [9.17, 15) is 0 Å². The molecule has 8 nitrogen and oxygen atoms in total. The molecule has 1 aromatic carbocycles. The number of hydrogen-bond acceptors (Lipinski definition) is 7. The van der Waals surface area contributed by atoms with Gasteiger partial charge in [0.25, 0.3) is 0 Å². The van der Waals surface area contributed by atoms with E-state index in [1.54, 1.807) is 18.3 Å². The molecule has 0 spiro atoms. The van der Waals surface area contributed by atoms with Gasteiger partial charge in [-0.05, 0) is 0 Å². The molecule has 112 valence electrons. The Morgan fingerprint density at radius 1 is 1.36 bits per heavy atom. The lowest BCUT2D eigenvalue weighted by Gasteiger charge is -2.11. The van der Waals surface area contributed by atoms with Gasteiger partial charge in [-0.25, -0.2) is 0 Å².